The molecule has 1 amide bonds. The third-order valence-electron chi connectivity index (χ3n) is 3.17. The smallest absolute Gasteiger partial charge is 0.412 e. The van der Waals surface area contributed by atoms with E-state index in [1.807, 2.05) is 39.8 Å². The molecule has 0 spiro atoms. The van der Waals surface area contributed by atoms with Crippen LogP contribution in [0, 0.1) is 6.92 Å². The molecule has 2 rings (SSSR count). The van der Waals surface area contributed by atoms with E-state index >= 15 is 0 Å². The second kappa shape index (κ2) is 4.85. The van der Waals surface area contributed by atoms with E-state index in [-0.39, 0.29) is 6.04 Å². The topological polar surface area (TPSA) is 64.3 Å². The van der Waals surface area contributed by atoms with Crippen LogP contribution in [-0.4, -0.2) is 17.7 Å². The molecule has 1 aliphatic carbocycles. The molecule has 1 fully saturated rings. The van der Waals surface area contributed by atoms with Gasteiger partial charge in [-0.3, -0.25) is 5.32 Å². The zero-order valence-electron chi connectivity index (χ0n) is 12.0. The number of nitrogens with one attached hydrogen (secondary N) is 1. The van der Waals surface area contributed by atoms with Gasteiger partial charge in [0.15, 0.2) is 0 Å². The third kappa shape index (κ3) is 3.70. The second-order valence-corrected chi connectivity index (χ2v) is 6.21. The third-order valence-corrected chi connectivity index (χ3v) is 3.17. The van der Waals surface area contributed by atoms with Crippen molar-refractivity contribution >= 4 is 11.8 Å². The van der Waals surface area contributed by atoms with E-state index in [1.165, 1.54) is 5.56 Å². The molecule has 0 heterocycles. The normalized spacial score (nSPS) is 21.9. The van der Waals surface area contributed by atoms with Crippen LogP contribution in [0.1, 0.15) is 44.2 Å². The Bertz CT molecular complexity index is 491. The lowest BCUT2D eigenvalue weighted by molar-refractivity contribution is 0.0636. The molecule has 1 saturated carbocycles. The predicted octanol–water partition coefficient (Wildman–Crippen LogP) is 3.16. The number of carbonyl (C=O) groups is 1. The van der Waals surface area contributed by atoms with E-state index in [9.17, 15) is 4.79 Å². The lowest BCUT2D eigenvalue weighted by Gasteiger charge is -2.20. The highest BCUT2D eigenvalue weighted by molar-refractivity contribution is 5.86. The summed E-state index contributed by atoms with van der Waals surface area (Å²) in [5, 5.41) is 2.80. The average molecular weight is 262 g/mol. The van der Waals surface area contributed by atoms with E-state index in [0.29, 0.717) is 5.92 Å². The number of carbonyl (C=O) groups excluding carboxylic acids is 1. The van der Waals surface area contributed by atoms with Crippen molar-refractivity contribution in [1.29, 1.82) is 0 Å². The first kappa shape index (κ1) is 13.9. The van der Waals surface area contributed by atoms with E-state index in [2.05, 4.69) is 11.4 Å². The Balaban J connectivity index is 2.09. The van der Waals surface area contributed by atoms with E-state index in [0.717, 1.165) is 17.7 Å². The van der Waals surface area contributed by atoms with Crippen molar-refractivity contribution in [3.8, 4) is 0 Å². The molecule has 104 valence electrons. The first-order valence-electron chi connectivity index (χ1n) is 6.62. The lowest BCUT2D eigenvalue weighted by Crippen LogP contribution is -2.27. The van der Waals surface area contributed by atoms with Crippen LogP contribution in [0.25, 0.3) is 0 Å². The summed E-state index contributed by atoms with van der Waals surface area (Å²) in [4.78, 5) is 11.8. The minimum atomic E-state index is -0.492. The Morgan fingerprint density at radius 1 is 1.42 bits per heavy atom. The van der Waals surface area contributed by atoms with E-state index in [1.54, 1.807) is 0 Å². The van der Waals surface area contributed by atoms with Gasteiger partial charge in [-0.2, -0.15) is 0 Å². The minimum Gasteiger partial charge on any atom is -0.444 e. The van der Waals surface area contributed by atoms with Gasteiger partial charge < -0.3 is 10.5 Å². The quantitative estimate of drug-likeness (QED) is 0.860. The van der Waals surface area contributed by atoms with E-state index in [4.69, 9.17) is 10.5 Å². The molecular weight excluding hydrogens is 240 g/mol. The second-order valence-electron chi connectivity index (χ2n) is 6.21. The maximum absolute atomic E-state index is 11.8. The standard InChI is InChI=1S/C15H22N2O2/c1-9-5-6-10(11-8-12(11)16)7-13(9)17-14(18)19-15(2,3)4/h5-7,11-12H,8,16H2,1-4H3,(H,17,18)/t11-,12+/m0/s1. The Kier molecular flexibility index (Phi) is 3.54. The van der Waals surface area contributed by atoms with Crippen molar-refractivity contribution in [2.75, 3.05) is 5.32 Å². The van der Waals surface area contributed by atoms with Crippen molar-refractivity contribution in [2.45, 2.75) is 51.7 Å². The monoisotopic (exact) mass is 262 g/mol. The molecule has 4 nitrogen and oxygen atoms in total. The molecule has 0 aromatic heterocycles. The summed E-state index contributed by atoms with van der Waals surface area (Å²) in [6.45, 7) is 7.50. The molecule has 0 radical (unpaired) electrons. The first-order valence-corrected chi connectivity index (χ1v) is 6.62. The lowest BCUT2D eigenvalue weighted by atomic mass is 10.1. The van der Waals surface area contributed by atoms with Crippen molar-refractivity contribution < 1.29 is 9.53 Å². The van der Waals surface area contributed by atoms with Gasteiger partial charge in [0.2, 0.25) is 0 Å². The molecule has 19 heavy (non-hydrogen) atoms. The summed E-state index contributed by atoms with van der Waals surface area (Å²) in [7, 11) is 0. The van der Waals surface area contributed by atoms with Crippen molar-refractivity contribution in [3.63, 3.8) is 0 Å². The van der Waals surface area contributed by atoms with Gasteiger partial charge in [0.25, 0.3) is 0 Å². The number of benzene rings is 1. The summed E-state index contributed by atoms with van der Waals surface area (Å²) in [6, 6.07) is 6.34. The number of rotatable bonds is 2. The highest BCUT2D eigenvalue weighted by atomic mass is 16.6. The average Bonchev–Trinajstić information content (AvgIpc) is 2.96. The molecule has 0 aliphatic heterocycles. The van der Waals surface area contributed by atoms with Crippen LogP contribution in [0.4, 0.5) is 10.5 Å². The van der Waals surface area contributed by atoms with Gasteiger partial charge in [0.1, 0.15) is 5.60 Å². The van der Waals surface area contributed by atoms with Crippen LogP contribution in [0.2, 0.25) is 0 Å². The maximum Gasteiger partial charge on any atom is 0.412 e. The van der Waals surface area contributed by atoms with Crippen molar-refractivity contribution in [3.05, 3.63) is 29.3 Å². The van der Waals surface area contributed by atoms with Gasteiger partial charge in [-0.15, -0.1) is 0 Å². The van der Waals surface area contributed by atoms with E-state index < -0.39 is 11.7 Å². The maximum atomic E-state index is 11.8. The number of aryl methyl sites for hydroxylation is 1. The van der Waals surface area contributed by atoms with Crippen LogP contribution in [0.5, 0.6) is 0 Å². The highest BCUT2D eigenvalue weighted by Gasteiger charge is 2.35. The first-order chi connectivity index (χ1) is 8.76. The van der Waals surface area contributed by atoms with Gasteiger partial charge in [-0.1, -0.05) is 12.1 Å². The number of hydrogen-bond acceptors (Lipinski definition) is 3. The van der Waals surface area contributed by atoms with Gasteiger partial charge in [0, 0.05) is 17.6 Å². The van der Waals surface area contributed by atoms with Crippen LogP contribution < -0.4 is 11.1 Å². The summed E-state index contributed by atoms with van der Waals surface area (Å²) in [5.74, 6) is 0.430. The molecule has 4 heteroatoms. The number of anilines is 1. The summed E-state index contributed by atoms with van der Waals surface area (Å²) < 4.78 is 5.26. The Morgan fingerprint density at radius 3 is 2.58 bits per heavy atom. The fourth-order valence-electron chi connectivity index (χ4n) is 2.02. The fourth-order valence-corrected chi connectivity index (χ4v) is 2.02. The van der Waals surface area contributed by atoms with Gasteiger partial charge in [0.05, 0.1) is 0 Å². The summed E-state index contributed by atoms with van der Waals surface area (Å²) >= 11 is 0. The SMILES string of the molecule is Cc1ccc([C@@H]2C[C@H]2N)cc1NC(=O)OC(C)(C)C. The van der Waals surface area contributed by atoms with Crippen LogP contribution in [0.3, 0.4) is 0 Å². The molecule has 2 atom stereocenters. The zero-order valence-corrected chi connectivity index (χ0v) is 12.0. The molecule has 1 aliphatic rings. The van der Waals surface area contributed by atoms with Crippen LogP contribution >= 0.6 is 0 Å². The summed E-state index contributed by atoms with van der Waals surface area (Å²) in [5.41, 5.74) is 8.37. The predicted molar refractivity (Wildman–Crippen MR) is 76.4 cm³/mol. The molecule has 0 bridgehead atoms. The molecular formula is C15H22N2O2. The number of hydrogen-bond donors (Lipinski definition) is 2. The molecule has 3 N–H and O–H groups in total. The Morgan fingerprint density at radius 2 is 2.05 bits per heavy atom. The molecule has 0 unspecified atom stereocenters. The van der Waals surface area contributed by atoms with Gasteiger partial charge in [-0.05, 0) is 51.3 Å². The number of ether oxygens (including phenoxy) is 1. The Hall–Kier alpha value is -1.55. The summed E-state index contributed by atoms with van der Waals surface area (Å²) in [6.07, 6.45) is 0.599. The zero-order chi connectivity index (χ0) is 14.2. The fraction of sp³-hybridized carbons (Fsp3) is 0.533. The number of amides is 1. The number of nitrogens with two attached hydrogens (primary N) is 1. The molecule has 0 saturated heterocycles. The van der Waals surface area contributed by atoms with Crippen molar-refractivity contribution in [1.82, 2.24) is 0 Å². The van der Waals surface area contributed by atoms with Gasteiger partial charge >= 0.3 is 6.09 Å². The molecule has 1 aromatic rings. The van der Waals surface area contributed by atoms with Crippen molar-refractivity contribution in [2.24, 2.45) is 5.73 Å². The van der Waals surface area contributed by atoms with Crippen LogP contribution in [0.15, 0.2) is 18.2 Å². The largest absolute Gasteiger partial charge is 0.444 e. The molecule has 1 aromatic carbocycles. The highest BCUT2D eigenvalue weighted by Crippen LogP contribution is 2.40. The van der Waals surface area contributed by atoms with Gasteiger partial charge in [-0.25, -0.2) is 4.79 Å². The minimum absolute atomic E-state index is 0.261. The van der Waals surface area contributed by atoms with Crippen LogP contribution in [-0.2, 0) is 4.74 Å². The Labute approximate surface area is 114 Å².